The smallest absolute Gasteiger partial charge is 0.334 e. The summed E-state index contributed by atoms with van der Waals surface area (Å²) < 4.78 is 11.5. The quantitative estimate of drug-likeness (QED) is 0.285. The largest absolute Gasteiger partial charge is 0.458 e. The SMILES string of the molecule is C=C1CC[C@H]2C(=C)C(=O)O[C@@H]2C2[C@H]1CC1O[C@]12C. The lowest BCUT2D eigenvalue weighted by molar-refractivity contribution is -0.143. The van der Waals surface area contributed by atoms with Gasteiger partial charge in [-0.3, -0.25) is 0 Å². The Morgan fingerprint density at radius 3 is 2.89 bits per heavy atom. The lowest BCUT2D eigenvalue weighted by Crippen LogP contribution is -2.37. The number of hydrogen-bond acceptors (Lipinski definition) is 3. The highest BCUT2D eigenvalue weighted by molar-refractivity contribution is 5.90. The van der Waals surface area contributed by atoms with Gasteiger partial charge < -0.3 is 9.47 Å². The Kier molecular flexibility index (Phi) is 1.85. The molecule has 0 aromatic carbocycles. The maximum absolute atomic E-state index is 11.8. The molecule has 3 nitrogen and oxygen atoms in total. The van der Waals surface area contributed by atoms with Crippen molar-refractivity contribution in [3.63, 3.8) is 0 Å². The second-order valence-electron chi connectivity index (χ2n) is 6.36. The number of allylic oxidation sites excluding steroid dienone is 1. The molecule has 3 heteroatoms. The van der Waals surface area contributed by atoms with Crippen molar-refractivity contribution in [1.82, 2.24) is 0 Å². The molecule has 2 saturated heterocycles. The van der Waals surface area contributed by atoms with Crippen LogP contribution in [0.1, 0.15) is 26.2 Å². The van der Waals surface area contributed by atoms with E-state index < -0.39 is 0 Å². The second-order valence-corrected chi connectivity index (χ2v) is 6.36. The summed E-state index contributed by atoms with van der Waals surface area (Å²) in [6, 6.07) is 0. The number of carbonyl (C=O) groups is 1. The molecule has 2 saturated carbocycles. The monoisotopic (exact) mass is 246 g/mol. The third-order valence-corrected chi connectivity index (χ3v) is 5.55. The molecule has 0 amide bonds. The van der Waals surface area contributed by atoms with Crippen LogP contribution in [0.25, 0.3) is 0 Å². The minimum absolute atomic E-state index is 0.0354. The van der Waals surface area contributed by atoms with Gasteiger partial charge in [0.2, 0.25) is 0 Å². The van der Waals surface area contributed by atoms with Crippen LogP contribution in [-0.2, 0) is 14.3 Å². The Labute approximate surface area is 107 Å². The van der Waals surface area contributed by atoms with Crippen LogP contribution in [0.3, 0.4) is 0 Å². The fourth-order valence-electron chi connectivity index (χ4n) is 4.42. The maximum Gasteiger partial charge on any atom is 0.334 e. The van der Waals surface area contributed by atoms with E-state index in [1.165, 1.54) is 5.57 Å². The average Bonchev–Trinajstić information content (AvgIpc) is 2.82. The number of hydrogen-bond donors (Lipinski definition) is 0. The van der Waals surface area contributed by atoms with Crippen LogP contribution in [-0.4, -0.2) is 23.8 Å². The van der Waals surface area contributed by atoms with E-state index in [1.54, 1.807) is 0 Å². The average molecular weight is 246 g/mol. The first-order valence-electron chi connectivity index (χ1n) is 6.77. The predicted octanol–water partition coefficient (Wildman–Crippen LogP) is 2.23. The molecule has 2 unspecified atom stereocenters. The highest BCUT2D eigenvalue weighted by Crippen LogP contribution is 2.63. The van der Waals surface area contributed by atoms with Gasteiger partial charge in [-0.25, -0.2) is 4.79 Å². The molecule has 0 radical (unpaired) electrons. The van der Waals surface area contributed by atoms with Gasteiger partial charge in [-0.1, -0.05) is 18.7 Å². The van der Waals surface area contributed by atoms with Crippen molar-refractivity contribution >= 4 is 5.97 Å². The van der Waals surface area contributed by atoms with Gasteiger partial charge in [0.05, 0.1) is 11.7 Å². The van der Waals surface area contributed by atoms with Crippen molar-refractivity contribution < 1.29 is 14.3 Å². The topological polar surface area (TPSA) is 38.8 Å². The number of esters is 1. The summed E-state index contributed by atoms with van der Waals surface area (Å²) in [6.07, 6.45) is 3.29. The molecule has 4 fully saturated rings. The van der Waals surface area contributed by atoms with E-state index >= 15 is 0 Å². The molecule has 2 heterocycles. The molecule has 6 atom stereocenters. The summed E-state index contributed by atoms with van der Waals surface area (Å²) in [5.41, 5.74) is 1.88. The van der Waals surface area contributed by atoms with E-state index in [4.69, 9.17) is 9.47 Å². The summed E-state index contributed by atoms with van der Waals surface area (Å²) in [5, 5.41) is 0. The fraction of sp³-hybridized carbons (Fsp3) is 0.667. The van der Waals surface area contributed by atoms with Crippen molar-refractivity contribution in [1.29, 1.82) is 0 Å². The number of fused-ring (bicyclic) bond motifs is 5. The Balaban J connectivity index is 1.77. The van der Waals surface area contributed by atoms with Gasteiger partial charge in [0, 0.05) is 17.4 Å². The number of carbonyl (C=O) groups excluding carboxylic acids is 1. The van der Waals surface area contributed by atoms with Crippen LogP contribution in [0, 0.1) is 17.8 Å². The van der Waals surface area contributed by atoms with E-state index in [1.807, 2.05) is 0 Å². The number of ether oxygens (including phenoxy) is 2. The summed E-state index contributed by atoms with van der Waals surface area (Å²) in [6.45, 7) is 10.3. The van der Waals surface area contributed by atoms with Crippen molar-refractivity contribution in [2.24, 2.45) is 17.8 Å². The first-order valence-corrected chi connectivity index (χ1v) is 6.77. The highest BCUT2D eigenvalue weighted by Gasteiger charge is 2.70. The maximum atomic E-state index is 11.8. The molecule has 4 aliphatic rings. The first kappa shape index (κ1) is 10.8. The van der Waals surface area contributed by atoms with Crippen LogP contribution < -0.4 is 0 Å². The van der Waals surface area contributed by atoms with E-state index in [0.29, 0.717) is 17.6 Å². The molecule has 0 aromatic rings. The summed E-state index contributed by atoms with van der Waals surface area (Å²) >= 11 is 0. The normalized spacial score (nSPS) is 53.4. The molecular formula is C15H18O3. The van der Waals surface area contributed by atoms with Crippen molar-refractivity contribution in [2.45, 2.75) is 44.0 Å². The minimum Gasteiger partial charge on any atom is -0.458 e. The molecule has 2 aliphatic carbocycles. The standard InChI is InChI=1S/C15H18O3/c1-7-4-5-9-8(2)14(16)17-13(9)12-10(7)6-11-15(12,3)18-11/h9-13H,1-2,4-6H2,3H3/t9-,10-,11?,12?,13-,15+/m0/s1. The van der Waals surface area contributed by atoms with Crippen molar-refractivity contribution in [2.75, 3.05) is 0 Å². The molecule has 0 bridgehead atoms. The Morgan fingerprint density at radius 1 is 1.33 bits per heavy atom. The third-order valence-electron chi connectivity index (χ3n) is 5.55. The van der Waals surface area contributed by atoms with Gasteiger partial charge in [0.15, 0.2) is 0 Å². The molecule has 0 aromatic heterocycles. The van der Waals surface area contributed by atoms with Crippen LogP contribution in [0.15, 0.2) is 24.3 Å². The molecule has 0 spiro atoms. The molecule has 4 rings (SSSR count). The zero-order valence-corrected chi connectivity index (χ0v) is 10.6. The Morgan fingerprint density at radius 2 is 2.11 bits per heavy atom. The number of epoxide rings is 1. The zero-order chi connectivity index (χ0) is 12.7. The van der Waals surface area contributed by atoms with Crippen LogP contribution in [0.5, 0.6) is 0 Å². The van der Waals surface area contributed by atoms with Gasteiger partial charge in [0.25, 0.3) is 0 Å². The molecule has 2 aliphatic heterocycles. The van der Waals surface area contributed by atoms with Gasteiger partial charge in [0.1, 0.15) is 6.10 Å². The third kappa shape index (κ3) is 1.11. The van der Waals surface area contributed by atoms with E-state index in [0.717, 1.165) is 19.3 Å². The Hall–Kier alpha value is -1.09. The summed E-state index contributed by atoms with van der Waals surface area (Å²) in [7, 11) is 0. The van der Waals surface area contributed by atoms with Gasteiger partial charge >= 0.3 is 5.97 Å². The van der Waals surface area contributed by atoms with Crippen LogP contribution >= 0.6 is 0 Å². The first-order chi connectivity index (χ1) is 8.52. The fourth-order valence-corrected chi connectivity index (χ4v) is 4.42. The van der Waals surface area contributed by atoms with E-state index in [2.05, 4.69) is 20.1 Å². The number of rotatable bonds is 0. The molecular weight excluding hydrogens is 228 g/mol. The summed E-state index contributed by atoms with van der Waals surface area (Å²) in [4.78, 5) is 11.8. The van der Waals surface area contributed by atoms with E-state index in [9.17, 15) is 4.79 Å². The van der Waals surface area contributed by atoms with Crippen molar-refractivity contribution in [3.05, 3.63) is 24.3 Å². The van der Waals surface area contributed by atoms with Gasteiger partial charge in [-0.05, 0) is 32.1 Å². The predicted molar refractivity (Wildman–Crippen MR) is 65.8 cm³/mol. The van der Waals surface area contributed by atoms with Gasteiger partial charge in [-0.15, -0.1) is 0 Å². The zero-order valence-electron chi connectivity index (χ0n) is 10.6. The Bertz CT molecular complexity index is 480. The van der Waals surface area contributed by atoms with E-state index in [-0.39, 0.29) is 29.5 Å². The summed E-state index contributed by atoms with van der Waals surface area (Å²) in [5.74, 6) is 0.709. The van der Waals surface area contributed by atoms with Crippen LogP contribution in [0.2, 0.25) is 0 Å². The molecule has 18 heavy (non-hydrogen) atoms. The van der Waals surface area contributed by atoms with Crippen LogP contribution in [0.4, 0.5) is 0 Å². The second kappa shape index (κ2) is 3.08. The van der Waals surface area contributed by atoms with Gasteiger partial charge in [-0.2, -0.15) is 0 Å². The molecule has 96 valence electrons. The minimum atomic E-state index is -0.205. The lowest BCUT2D eigenvalue weighted by atomic mass is 9.78. The van der Waals surface area contributed by atoms with Crippen molar-refractivity contribution in [3.8, 4) is 0 Å². The lowest BCUT2D eigenvalue weighted by Gasteiger charge is -2.30. The highest BCUT2D eigenvalue weighted by atomic mass is 16.6. The molecule has 0 N–H and O–H groups in total.